The average Bonchev–Trinajstić information content (AvgIpc) is 3.01. The Balaban J connectivity index is 1.68. The van der Waals surface area contributed by atoms with E-state index in [1.54, 1.807) is 13.2 Å². The van der Waals surface area contributed by atoms with Gasteiger partial charge in [-0.3, -0.25) is 4.79 Å². The molecule has 0 spiro atoms. The zero-order chi connectivity index (χ0) is 24.5. The molecule has 3 rings (SSSR count). The van der Waals surface area contributed by atoms with Crippen LogP contribution in [0.4, 0.5) is 0 Å². The highest BCUT2D eigenvalue weighted by Crippen LogP contribution is 2.35. The number of fused-ring (bicyclic) bond motifs is 1. The highest BCUT2D eigenvalue weighted by molar-refractivity contribution is 7.99. The molecule has 5 unspecified atom stereocenters. The minimum atomic E-state index is -1.41. The monoisotopic (exact) mass is 510 g/mol. The van der Waals surface area contributed by atoms with Crippen molar-refractivity contribution in [2.45, 2.75) is 99.1 Å². The first-order valence-corrected chi connectivity index (χ1v) is 13.4. The van der Waals surface area contributed by atoms with Gasteiger partial charge in [-0.15, -0.1) is 23.4 Å². The van der Waals surface area contributed by atoms with Gasteiger partial charge >= 0.3 is 0 Å². The Labute approximate surface area is 204 Å². The Morgan fingerprint density at radius 1 is 1.27 bits per heavy atom. The van der Waals surface area contributed by atoms with E-state index in [-0.39, 0.29) is 17.9 Å². The summed E-state index contributed by atoms with van der Waals surface area (Å²) in [4.78, 5) is 13.3. The van der Waals surface area contributed by atoms with Crippen LogP contribution in [0.2, 0.25) is 0 Å². The van der Waals surface area contributed by atoms with E-state index in [4.69, 9.17) is 21.1 Å². The molecular formula is C22H39ClN2O7S. The fourth-order valence-electron chi connectivity index (χ4n) is 5.36. The molecule has 9 nitrogen and oxygen atoms in total. The summed E-state index contributed by atoms with van der Waals surface area (Å²) in [6, 6.07) is -1.37. The van der Waals surface area contributed by atoms with Gasteiger partial charge in [-0.1, -0.05) is 0 Å². The van der Waals surface area contributed by atoms with Crippen LogP contribution in [0.1, 0.15) is 40.0 Å². The van der Waals surface area contributed by atoms with Crippen LogP contribution in [-0.2, 0) is 14.3 Å². The van der Waals surface area contributed by atoms with Gasteiger partial charge in [0, 0.05) is 13.2 Å². The highest BCUT2D eigenvalue weighted by atomic mass is 35.5. The predicted molar refractivity (Wildman–Crippen MR) is 126 cm³/mol. The number of carbonyl (C=O) groups excluding carboxylic acids is 1. The zero-order valence-electron chi connectivity index (χ0n) is 19.7. The van der Waals surface area contributed by atoms with E-state index in [0.717, 1.165) is 12.8 Å². The van der Waals surface area contributed by atoms with Crippen LogP contribution in [0.3, 0.4) is 0 Å². The van der Waals surface area contributed by atoms with Crippen molar-refractivity contribution in [2.24, 2.45) is 11.8 Å². The molecule has 3 heterocycles. The predicted octanol–water partition coefficient (Wildman–Crippen LogP) is -0.187. The second kappa shape index (κ2) is 11.3. The highest BCUT2D eigenvalue weighted by Gasteiger charge is 2.49. The topological polar surface area (TPSA) is 141 Å². The minimum absolute atomic E-state index is 0.150. The Bertz CT molecular complexity index is 665. The Kier molecular flexibility index (Phi) is 9.36. The van der Waals surface area contributed by atoms with Crippen molar-refractivity contribution in [3.63, 3.8) is 0 Å². The van der Waals surface area contributed by atoms with E-state index in [1.165, 1.54) is 11.8 Å². The maximum atomic E-state index is 13.3. The number of aliphatic hydroxyl groups excluding tert-OH is 3. The quantitative estimate of drug-likeness (QED) is 0.257. The summed E-state index contributed by atoms with van der Waals surface area (Å²) in [6.07, 6.45) is -1.24. The lowest BCUT2D eigenvalue weighted by atomic mass is 9.83. The number of hydrogen-bond acceptors (Lipinski definition) is 9. The van der Waals surface area contributed by atoms with Crippen molar-refractivity contribution in [3.05, 3.63) is 0 Å². The molecule has 0 aromatic carbocycles. The first-order valence-electron chi connectivity index (χ1n) is 11.7. The van der Waals surface area contributed by atoms with Crippen molar-refractivity contribution in [1.82, 2.24) is 10.6 Å². The number of carbonyl (C=O) groups is 1. The fourth-order valence-corrected chi connectivity index (χ4v) is 6.25. The molecule has 3 aliphatic heterocycles. The molecule has 1 amide bonds. The molecule has 33 heavy (non-hydrogen) atoms. The Morgan fingerprint density at radius 2 is 1.97 bits per heavy atom. The second-order valence-corrected chi connectivity index (χ2v) is 11.9. The normalized spacial score (nSPS) is 41.7. The van der Waals surface area contributed by atoms with Gasteiger partial charge in [0.25, 0.3) is 0 Å². The van der Waals surface area contributed by atoms with E-state index in [1.807, 2.05) is 13.8 Å². The summed E-state index contributed by atoms with van der Waals surface area (Å²) in [5.74, 6) is 0.163. The number of halogens is 1. The van der Waals surface area contributed by atoms with Crippen molar-refractivity contribution in [1.29, 1.82) is 0 Å². The number of ether oxygens (including phenoxy) is 2. The maximum absolute atomic E-state index is 13.3. The van der Waals surface area contributed by atoms with E-state index in [2.05, 4.69) is 10.6 Å². The van der Waals surface area contributed by atoms with Gasteiger partial charge in [-0.05, 0) is 58.1 Å². The summed E-state index contributed by atoms with van der Waals surface area (Å²) >= 11 is 7.59. The lowest BCUT2D eigenvalue weighted by molar-refractivity contribution is -0.205. The summed E-state index contributed by atoms with van der Waals surface area (Å²) < 4.78 is 11.9. The molecule has 0 aromatic heterocycles. The third-order valence-electron chi connectivity index (χ3n) is 6.93. The molecule has 6 N–H and O–H groups in total. The number of hydrogen-bond donors (Lipinski definition) is 6. The molecule has 0 radical (unpaired) electrons. The molecule has 3 aliphatic rings. The van der Waals surface area contributed by atoms with E-state index in [0.29, 0.717) is 25.5 Å². The molecule has 3 saturated heterocycles. The summed E-state index contributed by atoms with van der Waals surface area (Å²) in [5, 5.41) is 46.7. The number of amides is 1. The lowest BCUT2D eigenvalue weighted by Gasteiger charge is -2.44. The summed E-state index contributed by atoms with van der Waals surface area (Å²) in [6.45, 7) is 6.46. The van der Waals surface area contributed by atoms with Gasteiger partial charge in [-0.2, -0.15) is 0 Å². The van der Waals surface area contributed by atoms with Crippen LogP contribution in [0, 0.1) is 11.8 Å². The molecule has 11 atom stereocenters. The number of rotatable bonds is 7. The van der Waals surface area contributed by atoms with Crippen LogP contribution < -0.4 is 10.6 Å². The largest absolute Gasteiger partial charge is 0.390 e. The maximum Gasteiger partial charge on any atom is 0.240 e. The Morgan fingerprint density at radius 3 is 2.58 bits per heavy atom. The van der Waals surface area contributed by atoms with Crippen molar-refractivity contribution in [3.8, 4) is 0 Å². The van der Waals surface area contributed by atoms with Crippen molar-refractivity contribution < 1.29 is 34.7 Å². The van der Waals surface area contributed by atoms with Crippen LogP contribution in [-0.4, -0.2) is 105 Å². The third kappa shape index (κ3) is 6.54. The summed E-state index contributed by atoms with van der Waals surface area (Å²) in [7, 11) is 0. The SMILES string of the molecule is CSC1OC([C@H](NC(=O)[C@H]2NC[C@@H]3C[C@H](CC(C)(C)O)CCO[C@H]32)[C@H](C)Cl)C(O)C(O)C1O. The molecule has 0 aromatic rings. The first-order chi connectivity index (χ1) is 15.4. The number of aliphatic hydroxyl groups is 4. The Hall–Kier alpha value is -0.170. The van der Waals surface area contributed by atoms with Crippen molar-refractivity contribution >= 4 is 29.3 Å². The van der Waals surface area contributed by atoms with E-state index >= 15 is 0 Å². The minimum Gasteiger partial charge on any atom is -0.390 e. The van der Waals surface area contributed by atoms with Crippen LogP contribution >= 0.6 is 23.4 Å². The molecule has 192 valence electrons. The zero-order valence-corrected chi connectivity index (χ0v) is 21.3. The van der Waals surface area contributed by atoms with Gasteiger partial charge in [0.2, 0.25) is 5.91 Å². The molecule has 0 bridgehead atoms. The smallest absolute Gasteiger partial charge is 0.240 e. The van der Waals surface area contributed by atoms with E-state index < -0.39 is 52.9 Å². The lowest BCUT2D eigenvalue weighted by Crippen LogP contribution is -2.65. The van der Waals surface area contributed by atoms with Gasteiger partial charge in [0.15, 0.2) is 0 Å². The van der Waals surface area contributed by atoms with Crippen LogP contribution in [0.15, 0.2) is 0 Å². The number of nitrogens with one attached hydrogen (secondary N) is 2. The van der Waals surface area contributed by atoms with E-state index in [9.17, 15) is 25.2 Å². The van der Waals surface area contributed by atoms with Crippen LogP contribution in [0.5, 0.6) is 0 Å². The molecule has 0 saturated carbocycles. The molecular weight excluding hydrogens is 472 g/mol. The van der Waals surface area contributed by atoms with Gasteiger partial charge in [-0.25, -0.2) is 0 Å². The fraction of sp³-hybridized carbons (Fsp3) is 0.955. The summed E-state index contributed by atoms with van der Waals surface area (Å²) in [5.41, 5.74) is -1.50. The van der Waals surface area contributed by atoms with Crippen molar-refractivity contribution in [2.75, 3.05) is 19.4 Å². The van der Waals surface area contributed by atoms with Gasteiger partial charge < -0.3 is 40.5 Å². The molecule has 0 aliphatic carbocycles. The standard InChI is InChI=1S/C22H39ClN2O7S/c1-10(23)13(19-16(27)15(26)17(28)21(32-19)33-4)25-20(29)14-18-12(9-24-14)7-11(5-6-31-18)8-22(2,3)30/h10-19,21,24,26-28,30H,5-9H2,1-4H3,(H,25,29)/t10-,11+,12-,13+,14-,15?,16?,17?,18+,19?,21?/m0/s1. The van der Waals surface area contributed by atoms with Gasteiger partial charge in [0.05, 0.1) is 23.1 Å². The van der Waals surface area contributed by atoms with Crippen LogP contribution in [0.25, 0.3) is 0 Å². The number of alkyl halides is 1. The van der Waals surface area contributed by atoms with Gasteiger partial charge in [0.1, 0.15) is 35.9 Å². The molecule has 11 heteroatoms. The average molecular weight is 511 g/mol. The molecule has 3 fully saturated rings. The second-order valence-electron chi connectivity index (χ2n) is 10.3. The third-order valence-corrected chi connectivity index (χ3v) is 8.06. The first kappa shape index (κ1) is 27.4. The number of thioether (sulfide) groups is 1.